The van der Waals surface area contributed by atoms with Gasteiger partial charge in [-0.3, -0.25) is 4.79 Å². The molecule has 3 rings (SSSR count). The number of hydrogen-bond donors (Lipinski definition) is 2. The normalized spacial score (nSPS) is 12.1. The van der Waals surface area contributed by atoms with Gasteiger partial charge in [0.15, 0.2) is 11.5 Å². The lowest BCUT2D eigenvalue weighted by molar-refractivity contribution is -0.117. The van der Waals surface area contributed by atoms with Crippen LogP contribution in [0.5, 0.6) is 11.5 Å². The number of ether oxygens (including phenoxy) is 3. The fraction of sp³-hybridized carbons (Fsp3) is 0.150. The summed E-state index contributed by atoms with van der Waals surface area (Å²) in [7, 11) is 1.30. The molecule has 0 bridgehead atoms. The van der Waals surface area contributed by atoms with Crippen LogP contribution in [0.25, 0.3) is 0 Å². The predicted molar refractivity (Wildman–Crippen MR) is 99.5 cm³/mol. The van der Waals surface area contributed by atoms with E-state index in [1.54, 1.807) is 36.4 Å². The molecule has 0 aliphatic carbocycles. The summed E-state index contributed by atoms with van der Waals surface area (Å²) in [5.74, 6) is 0.330. The third kappa shape index (κ3) is 4.40. The van der Waals surface area contributed by atoms with Crippen molar-refractivity contribution < 1.29 is 23.8 Å². The topological polar surface area (TPSA) is 110 Å². The van der Waals surface area contributed by atoms with Crippen molar-refractivity contribution in [2.24, 2.45) is 0 Å². The van der Waals surface area contributed by atoms with E-state index in [0.717, 1.165) is 5.56 Å². The van der Waals surface area contributed by atoms with E-state index in [-0.39, 0.29) is 18.9 Å². The largest absolute Gasteiger partial charge is 0.465 e. The first-order valence-electron chi connectivity index (χ1n) is 8.32. The van der Waals surface area contributed by atoms with Crippen molar-refractivity contribution in [1.29, 1.82) is 5.26 Å². The molecule has 8 nitrogen and oxygen atoms in total. The minimum Gasteiger partial charge on any atom is -0.465 e. The van der Waals surface area contributed by atoms with Crippen molar-refractivity contribution in [3.63, 3.8) is 0 Å². The molecule has 0 unspecified atom stereocenters. The Morgan fingerprint density at radius 2 is 1.93 bits per heavy atom. The molecule has 0 aromatic heterocycles. The van der Waals surface area contributed by atoms with Crippen molar-refractivity contribution in [2.45, 2.75) is 6.54 Å². The number of rotatable bonds is 6. The quantitative estimate of drug-likeness (QED) is 0.450. The number of esters is 1. The van der Waals surface area contributed by atoms with Gasteiger partial charge in [0, 0.05) is 18.4 Å². The van der Waals surface area contributed by atoms with Gasteiger partial charge >= 0.3 is 5.97 Å². The molecule has 0 saturated heterocycles. The Labute approximate surface area is 161 Å². The maximum Gasteiger partial charge on any atom is 0.337 e. The van der Waals surface area contributed by atoms with Crippen LogP contribution in [0.15, 0.2) is 54.2 Å². The smallest absolute Gasteiger partial charge is 0.337 e. The molecule has 2 aromatic carbocycles. The van der Waals surface area contributed by atoms with Gasteiger partial charge in [0.05, 0.1) is 12.7 Å². The van der Waals surface area contributed by atoms with E-state index in [1.807, 2.05) is 12.1 Å². The van der Waals surface area contributed by atoms with E-state index in [0.29, 0.717) is 22.7 Å². The Hall–Kier alpha value is -3.99. The van der Waals surface area contributed by atoms with Crippen molar-refractivity contribution in [3.05, 3.63) is 65.4 Å². The number of fused-ring (bicyclic) bond motifs is 1. The fourth-order valence-electron chi connectivity index (χ4n) is 2.45. The molecule has 28 heavy (non-hydrogen) atoms. The van der Waals surface area contributed by atoms with Gasteiger partial charge < -0.3 is 24.8 Å². The van der Waals surface area contributed by atoms with Crippen molar-refractivity contribution in [2.75, 3.05) is 19.2 Å². The van der Waals surface area contributed by atoms with Crippen LogP contribution in [0.2, 0.25) is 0 Å². The van der Waals surface area contributed by atoms with Crippen LogP contribution in [0.1, 0.15) is 15.9 Å². The van der Waals surface area contributed by atoms with Crippen LogP contribution in [0.4, 0.5) is 5.69 Å². The number of anilines is 1. The average molecular weight is 379 g/mol. The number of benzene rings is 2. The second kappa shape index (κ2) is 8.60. The zero-order valence-corrected chi connectivity index (χ0v) is 15.0. The van der Waals surface area contributed by atoms with E-state index in [4.69, 9.17) is 9.47 Å². The lowest BCUT2D eigenvalue weighted by Gasteiger charge is -2.07. The Bertz CT molecular complexity index is 961. The van der Waals surface area contributed by atoms with E-state index >= 15 is 0 Å². The Morgan fingerprint density at radius 3 is 2.64 bits per heavy atom. The predicted octanol–water partition coefficient (Wildman–Crippen LogP) is 2.34. The first-order valence-corrected chi connectivity index (χ1v) is 8.32. The van der Waals surface area contributed by atoms with Crippen LogP contribution in [0.3, 0.4) is 0 Å². The maximum absolute atomic E-state index is 12.2. The summed E-state index contributed by atoms with van der Waals surface area (Å²) < 4.78 is 15.2. The lowest BCUT2D eigenvalue weighted by Crippen LogP contribution is -2.24. The van der Waals surface area contributed by atoms with Crippen molar-refractivity contribution in [1.82, 2.24) is 5.32 Å². The number of nitrogens with one attached hydrogen (secondary N) is 2. The van der Waals surface area contributed by atoms with Gasteiger partial charge in [-0.05, 0) is 42.0 Å². The highest BCUT2D eigenvalue weighted by molar-refractivity contribution is 5.97. The molecule has 1 aliphatic rings. The highest BCUT2D eigenvalue weighted by Crippen LogP contribution is 2.32. The lowest BCUT2D eigenvalue weighted by atomic mass is 10.2. The monoisotopic (exact) mass is 379 g/mol. The zero-order chi connectivity index (χ0) is 19.9. The average Bonchev–Trinajstić information content (AvgIpc) is 3.20. The summed E-state index contributed by atoms with van der Waals surface area (Å²) >= 11 is 0. The van der Waals surface area contributed by atoms with Gasteiger partial charge in [-0.2, -0.15) is 5.26 Å². The van der Waals surface area contributed by atoms with Crippen LogP contribution in [-0.2, 0) is 16.1 Å². The molecule has 0 saturated carbocycles. The third-order valence-electron chi connectivity index (χ3n) is 3.94. The first kappa shape index (κ1) is 18.8. The minimum atomic E-state index is -0.515. The molecule has 0 fully saturated rings. The Morgan fingerprint density at radius 1 is 1.18 bits per heavy atom. The molecule has 142 valence electrons. The summed E-state index contributed by atoms with van der Waals surface area (Å²) in [4.78, 5) is 23.6. The van der Waals surface area contributed by atoms with E-state index in [9.17, 15) is 14.9 Å². The van der Waals surface area contributed by atoms with E-state index in [2.05, 4.69) is 15.4 Å². The van der Waals surface area contributed by atoms with Gasteiger partial charge in [-0.25, -0.2) is 4.79 Å². The number of carbonyl (C=O) groups is 2. The summed E-state index contributed by atoms with van der Waals surface area (Å²) in [5, 5.41) is 14.8. The number of methoxy groups -OCH3 is 1. The maximum atomic E-state index is 12.2. The molecule has 1 amide bonds. The Kier molecular flexibility index (Phi) is 5.77. The second-order valence-electron chi connectivity index (χ2n) is 5.75. The van der Waals surface area contributed by atoms with Gasteiger partial charge in [0.25, 0.3) is 5.91 Å². The number of amides is 1. The van der Waals surface area contributed by atoms with Crippen LogP contribution in [-0.4, -0.2) is 25.8 Å². The highest BCUT2D eigenvalue weighted by atomic mass is 16.7. The van der Waals surface area contributed by atoms with Gasteiger partial charge in [0.2, 0.25) is 6.79 Å². The zero-order valence-electron chi connectivity index (χ0n) is 15.0. The number of carbonyl (C=O) groups excluding carboxylic acids is 2. The summed E-state index contributed by atoms with van der Waals surface area (Å²) in [6.07, 6.45) is 1.31. The Balaban J connectivity index is 1.58. The minimum absolute atomic E-state index is 0.0854. The summed E-state index contributed by atoms with van der Waals surface area (Å²) in [5.41, 5.74) is 1.75. The molecule has 0 atom stereocenters. The van der Waals surface area contributed by atoms with Crippen molar-refractivity contribution in [3.8, 4) is 17.6 Å². The molecular weight excluding hydrogens is 362 g/mol. The molecule has 1 aliphatic heterocycles. The number of nitriles is 1. The van der Waals surface area contributed by atoms with Crippen molar-refractivity contribution >= 4 is 17.6 Å². The summed E-state index contributed by atoms with van der Waals surface area (Å²) in [6.45, 7) is 0.418. The van der Waals surface area contributed by atoms with Crippen LogP contribution >= 0.6 is 0 Å². The highest BCUT2D eigenvalue weighted by Gasteiger charge is 2.14. The molecule has 2 aromatic rings. The first-order chi connectivity index (χ1) is 13.6. The number of nitrogens with zero attached hydrogens (tertiary/aromatic N) is 1. The number of hydrogen-bond acceptors (Lipinski definition) is 7. The second-order valence-corrected chi connectivity index (χ2v) is 5.75. The molecule has 0 spiro atoms. The van der Waals surface area contributed by atoms with Gasteiger partial charge in [-0.15, -0.1) is 0 Å². The van der Waals surface area contributed by atoms with Gasteiger partial charge in [0.1, 0.15) is 11.6 Å². The molecule has 2 N–H and O–H groups in total. The van der Waals surface area contributed by atoms with Crippen LogP contribution < -0.4 is 20.1 Å². The fourth-order valence-corrected chi connectivity index (χ4v) is 2.45. The molecule has 0 radical (unpaired) electrons. The SMILES string of the molecule is COC(=O)c1ccc(N/C=C(/C#N)C(=O)NCc2ccc3c(c2)OCO3)cc1. The molecular formula is C20H17N3O5. The molecule has 8 heteroatoms. The molecule has 1 heterocycles. The van der Waals surface area contributed by atoms with Crippen LogP contribution in [0, 0.1) is 11.3 Å². The van der Waals surface area contributed by atoms with E-state index in [1.165, 1.54) is 13.3 Å². The van der Waals surface area contributed by atoms with E-state index < -0.39 is 11.9 Å². The third-order valence-corrected chi connectivity index (χ3v) is 3.94. The van der Waals surface area contributed by atoms with Gasteiger partial charge in [-0.1, -0.05) is 6.07 Å². The standard InChI is InChI=1S/C20H17N3O5/c1-26-20(25)14-3-5-16(6-4-14)22-11-15(9-21)19(24)23-10-13-2-7-17-18(8-13)28-12-27-17/h2-8,11,22H,10,12H2,1H3,(H,23,24)/b15-11-. The summed E-state index contributed by atoms with van der Waals surface area (Å²) in [6, 6.07) is 13.6.